The van der Waals surface area contributed by atoms with Crippen LogP contribution >= 0.6 is 34.5 Å². The van der Waals surface area contributed by atoms with Gasteiger partial charge >= 0.3 is 11.7 Å². The van der Waals surface area contributed by atoms with Crippen LogP contribution < -0.4 is 11.2 Å². The first-order chi connectivity index (χ1) is 11.8. The summed E-state index contributed by atoms with van der Waals surface area (Å²) in [6, 6.07) is 1.44. The van der Waals surface area contributed by atoms with Gasteiger partial charge in [0.25, 0.3) is 5.56 Å². The number of thiophene rings is 1. The zero-order valence-electron chi connectivity index (χ0n) is 13.2. The fourth-order valence-corrected chi connectivity index (χ4v) is 3.80. The second kappa shape index (κ2) is 6.66. The third kappa shape index (κ3) is 3.10. The predicted molar refractivity (Wildman–Crippen MR) is 94.8 cm³/mol. The monoisotopic (exact) mass is 402 g/mol. The zero-order valence-corrected chi connectivity index (χ0v) is 15.5. The summed E-state index contributed by atoms with van der Waals surface area (Å²) in [6.07, 6.45) is 1.42. The molecule has 3 rings (SSSR count). The highest BCUT2D eigenvalue weighted by Crippen LogP contribution is 2.31. The number of aryl methyl sites for hydroxylation is 1. The van der Waals surface area contributed by atoms with Crippen molar-refractivity contribution in [3.63, 3.8) is 0 Å². The Morgan fingerprint density at radius 2 is 2.00 bits per heavy atom. The number of rotatable bonds is 4. The van der Waals surface area contributed by atoms with E-state index >= 15 is 0 Å². The van der Waals surface area contributed by atoms with Crippen molar-refractivity contribution in [2.75, 3.05) is 6.61 Å². The molecule has 25 heavy (non-hydrogen) atoms. The first-order valence-corrected chi connectivity index (χ1v) is 8.61. The summed E-state index contributed by atoms with van der Waals surface area (Å²) in [5.41, 5.74) is -0.192. The molecule has 0 aliphatic carbocycles. The van der Waals surface area contributed by atoms with Crippen LogP contribution in [0.4, 0.5) is 0 Å². The van der Waals surface area contributed by atoms with Gasteiger partial charge in [0.1, 0.15) is 10.9 Å². The molecule has 0 saturated heterocycles. The number of halogens is 2. The van der Waals surface area contributed by atoms with Gasteiger partial charge in [-0.2, -0.15) is 0 Å². The molecule has 3 heterocycles. The SMILES string of the molecule is Cn1c(=O)c2c(ncn2CCOC(=O)c2cc(Cl)sc2Cl)n(C)c1=O. The van der Waals surface area contributed by atoms with Crippen molar-refractivity contribution in [2.45, 2.75) is 6.54 Å². The van der Waals surface area contributed by atoms with Crippen molar-refractivity contribution in [3.05, 3.63) is 47.5 Å². The molecule has 0 amide bonds. The molecule has 0 aliphatic heterocycles. The maximum Gasteiger partial charge on any atom is 0.340 e. The molecule has 8 nitrogen and oxygen atoms in total. The van der Waals surface area contributed by atoms with Crippen LogP contribution in [0.5, 0.6) is 0 Å². The number of carbonyl (C=O) groups is 1. The molecule has 0 fully saturated rings. The molecule has 132 valence electrons. The van der Waals surface area contributed by atoms with E-state index in [1.807, 2.05) is 0 Å². The molecule has 0 aliphatic rings. The molecule has 0 radical (unpaired) electrons. The van der Waals surface area contributed by atoms with E-state index in [9.17, 15) is 14.4 Å². The summed E-state index contributed by atoms with van der Waals surface area (Å²) in [6.45, 7) is 0.200. The molecule has 0 unspecified atom stereocenters. The molecular formula is C14H12Cl2N4O4S. The second-order valence-corrected chi connectivity index (χ2v) is 7.48. The van der Waals surface area contributed by atoms with E-state index in [0.29, 0.717) is 4.34 Å². The fraction of sp³-hybridized carbons (Fsp3) is 0.286. The molecule has 0 saturated carbocycles. The summed E-state index contributed by atoms with van der Waals surface area (Å²) in [5, 5.41) is 0. The Bertz CT molecular complexity index is 1090. The average Bonchev–Trinajstić information content (AvgIpc) is 3.14. The molecule has 0 spiro atoms. The van der Waals surface area contributed by atoms with Crippen LogP contribution in [0.2, 0.25) is 8.67 Å². The number of hydrogen-bond donors (Lipinski definition) is 0. The molecule has 0 aromatic carbocycles. The van der Waals surface area contributed by atoms with Gasteiger partial charge in [-0.15, -0.1) is 11.3 Å². The molecular weight excluding hydrogens is 391 g/mol. The van der Waals surface area contributed by atoms with Crippen molar-refractivity contribution in [2.24, 2.45) is 14.1 Å². The van der Waals surface area contributed by atoms with E-state index in [1.165, 1.54) is 35.6 Å². The lowest BCUT2D eigenvalue weighted by atomic mass is 10.3. The van der Waals surface area contributed by atoms with E-state index in [4.69, 9.17) is 27.9 Å². The van der Waals surface area contributed by atoms with Gasteiger partial charge in [0, 0.05) is 14.1 Å². The number of hydrogen-bond acceptors (Lipinski definition) is 6. The Kier molecular flexibility index (Phi) is 4.72. The normalized spacial score (nSPS) is 11.2. The number of aromatic nitrogens is 4. The molecule has 3 aromatic heterocycles. The Balaban J connectivity index is 1.81. The van der Waals surface area contributed by atoms with Gasteiger partial charge in [-0.1, -0.05) is 23.2 Å². The van der Waals surface area contributed by atoms with Gasteiger partial charge in [-0.3, -0.25) is 13.9 Å². The number of ether oxygens (including phenoxy) is 1. The van der Waals surface area contributed by atoms with Gasteiger partial charge in [0.15, 0.2) is 11.2 Å². The number of esters is 1. The molecule has 3 aromatic rings. The standard InChI is InChI=1S/C14H12Cl2N4O4S/c1-18-11-9(12(21)19(2)14(18)23)20(6-17-11)3-4-24-13(22)7-5-8(15)25-10(7)16/h5-6H,3-4H2,1-2H3. The van der Waals surface area contributed by atoms with Crippen LogP contribution in [0, 0.1) is 0 Å². The van der Waals surface area contributed by atoms with Gasteiger partial charge in [-0.05, 0) is 6.07 Å². The molecule has 0 atom stereocenters. The van der Waals surface area contributed by atoms with Crippen LogP contribution in [0.25, 0.3) is 11.2 Å². The number of fused-ring (bicyclic) bond motifs is 1. The minimum atomic E-state index is -0.599. The van der Waals surface area contributed by atoms with Crippen molar-refractivity contribution in [1.82, 2.24) is 18.7 Å². The molecule has 0 N–H and O–H groups in total. The predicted octanol–water partition coefficient (Wildman–Crippen LogP) is 1.66. The average molecular weight is 403 g/mol. The second-order valence-electron chi connectivity index (χ2n) is 5.19. The summed E-state index contributed by atoms with van der Waals surface area (Å²) in [4.78, 5) is 40.3. The minimum absolute atomic E-state index is 0.0000823. The van der Waals surface area contributed by atoms with Crippen LogP contribution in [-0.4, -0.2) is 31.3 Å². The first-order valence-electron chi connectivity index (χ1n) is 7.04. The Hall–Kier alpha value is -2.10. The number of imidazole rings is 1. The zero-order chi connectivity index (χ0) is 18.3. The quantitative estimate of drug-likeness (QED) is 0.619. The van der Waals surface area contributed by atoms with Crippen molar-refractivity contribution < 1.29 is 9.53 Å². The maximum atomic E-state index is 12.3. The highest BCUT2D eigenvalue weighted by Gasteiger charge is 2.17. The van der Waals surface area contributed by atoms with Crippen LogP contribution in [0.1, 0.15) is 10.4 Å². The topological polar surface area (TPSA) is 88.1 Å². The first kappa shape index (κ1) is 17.7. The van der Waals surface area contributed by atoms with E-state index in [-0.39, 0.29) is 34.2 Å². The largest absolute Gasteiger partial charge is 0.460 e. The van der Waals surface area contributed by atoms with Gasteiger partial charge in [0.05, 0.1) is 22.8 Å². The van der Waals surface area contributed by atoms with Crippen LogP contribution in [0.3, 0.4) is 0 Å². The lowest BCUT2D eigenvalue weighted by Crippen LogP contribution is -2.37. The summed E-state index contributed by atoms with van der Waals surface area (Å²) >= 11 is 12.8. The van der Waals surface area contributed by atoms with Crippen molar-refractivity contribution in [1.29, 1.82) is 0 Å². The van der Waals surface area contributed by atoms with E-state index in [0.717, 1.165) is 15.9 Å². The Morgan fingerprint density at radius 1 is 1.28 bits per heavy atom. The fourth-order valence-electron chi connectivity index (χ4n) is 2.36. The van der Waals surface area contributed by atoms with Crippen molar-refractivity contribution in [3.8, 4) is 0 Å². The van der Waals surface area contributed by atoms with Crippen LogP contribution in [-0.2, 0) is 25.4 Å². The highest BCUT2D eigenvalue weighted by molar-refractivity contribution is 7.20. The van der Waals surface area contributed by atoms with Crippen LogP contribution in [0.15, 0.2) is 22.0 Å². The molecule has 11 heteroatoms. The summed E-state index contributed by atoms with van der Waals surface area (Å²) < 4.78 is 9.63. The number of nitrogens with zero attached hydrogens (tertiary/aromatic N) is 4. The summed E-state index contributed by atoms with van der Waals surface area (Å²) in [7, 11) is 2.92. The Labute approximate surface area is 154 Å². The number of carbonyl (C=O) groups excluding carboxylic acids is 1. The summed E-state index contributed by atoms with van der Waals surface area (Å²) in [5.74, 6) is -0.599. The molecule has 0 bridgehead atoms. The Morgan fingerprint density at radius 3 is 2.64 bits per heavy atom. The van der Waals surface area contributed by atoms with Gasteiger partial charge in [-0.25, -0.2) is 14.6 Å². The lowest BCUT2D eigenvalue weighted by molar-refractivity contribution is 0.0493. The maximum absolute atomic E-state index is 12.3. The van der Waals surface area contributed by atoms with E-state index in [1.54, 1.807) is 0 Å². The van der Waals surface area contributed by atoms with E-state index < -0.39 is 17.2 Å². The van der Waals surface area contributed by atoms with Gasteiger partial charge in [0.2, 0.25) is 0 Å². The third-order valence-electron chi connectivity index (χ3n) is 3.66. The van der Waals surface area contributed by atoms with E-state index in [2.05, 4.69) is 4.98 Å². The van der Waals surface area contributed by atoms with Crippen molar-refractivity contribution >= 4 is 51.7 Å². The third-order valence-corrected chi connectivity index (χ3v) is 5.15. The van der Waals surface area contributed by atoms with Gasteiger partial charge < -0.3 is 9.30 Å². The lowest BCUT2D eigenvalue weighted by Gasteiger charge is -2.07. The highest BCUT2D eigenvalue weighted by atomic mass is 35.5. The minimum Gasteiger partial charge on any atom is -0.460 e. The smallest absolute Gasteiger partial charge is 0.340 e.